The lowest BCUT2D eigenvalue weighted by atomic mass is 10.0. The van der Waals surface area contributed by atoms with Crippen molar-refractivity contribution in [1.29, 1.82) is 5.26 Å². The standard InChI is InChI=1S/C28H28F3N9O/c1-16(35-24-19(14-32)23(33)37-27(34)38-24)25-36-22-20(29)10-9-17(6-5-12-39-13-11-28(30,31)15-39)21(22)26(41)40(25)18-7-3-2-4-8-18/h2-4,7-10,16H,5-6,11-13,15H2,1H3,(H5,33,34,35,37,38)/t16-/m0/s1. The Morgan fingerprint density at radius 1 is 1.15 bits per heavy atom. The van der Waals surface area contributed by atoms with Gasteiger partial charge in [-0.2, -0.15) is 15.2 Å². The first kappa shape index (κ1) is 27.9. The molecule has 5 N–H and O–H groups in total. The molecule has 1 aliphatic heterocycles. The molecule has 0 saturated carbocycles. The van der Waals surface area contributed by atoms with E-state index in [2.05, 4.69) is 20.3 Å². The molecular weight excluding hydrogens is 535 g/mol. The van der Waals surface area contributed by atoms with E-state index in [0.29, 0.717) is 37.2 Å². The number of halogens is 3. The van der Waals surface area contributed by atoms with E-state index >= 15 is 4.39 Å². The summed E-state index contributed by atoms with van der Waals surface area (Å²) < 4.78 is 43.8. The molecule has 1 atom stereocenters. The Kier molecular flexibility index (Phi) is 7.51. The number of aryl methyl sites for hydroxylation is 1. The van der Waals surface area contributed by atoms with Crippen LogP contribution in [0.15, 0.2) is 47.3 Å². The van der Waals surface area contributed by atoms with E-state index in [9.17, 15) is 18.8 Å². The number of fused-ring (bicyclic) bond motifs is 1. The highest BCUT2D eigenvalue weighted by Crippen LogP contribution is 2.29. The summed E-state index contributed by atoms with van der Waals surface area (Å²) in [6.07, 6.45) is 0.717. The second-order valence-electron chi connectivity index (χ2n) is 10.0. The Morgan fingerprint density at radius 3 is 2.59 bits per heavy atom. The Balaban J connectivity index is 1.58. The van der Waals surface area contributed by atoms with Gasteiger partial charge in [0.1, 0.15) is 34.6 Å². The van der Waals surface area contributed by atoms with Gasteiger partial charge in [-0.1, -0.05) is 24.3 Å². The van der Waals surface area contributed by atoms with Crippen molar-refractivity contribution in [1.82, 2.24) is 24.4 Å². The monoisotopic (exact) mass is 563 g/mol. The van der Waals surface area contributed by atoms with Crippen LogP contribution in [0.3, 0.4) is 0 Å². The van der Waals surface area contributed by atoms with Gasteiger partial charge in [0.25, 0.3) is 11.5 Å². The van der Waals surface area contributed by atoms with E-state index < -0.39 is 23.3 Å². The number of benzene rings is 2. The van der Waals surface area contributed by atoms with E-state index in [0.717, 1.165) is 0 Å². The van der Waals surface area contributed by atoms with Gasteiger partial charge in [0.15, 0.2) is 5.82 Å². The van der Waals surface area contributed by atoms with Crippen LogP contribution in [0, 0.1) is 17.1 Å². The SMILES string of the molecule is C[C@H](Nc1nc(N)nc(N)c1C#N)c1nc2c(F)ccc(CCCN3CCC(F)(F)C3)c2c(=O)n1-c1ccccc1. The summed E-state index contributed by atoms with van der Waals surface area (Å²) in [5.74, 6) is -3.44. The van der Waals surface area contributed by atoms with Crippen molar-refractivity contribution in [3.8, 4) is 11.8 Å². The number of nitrogens with zero attached hydrogens (tertiary/aromatic N) is 6. The van der Waals surface area contributed by atoms with Crippen LogP contribution in [0.25, 0.3) is 16.6 Å². The zero-order valence-electron chi connectivity index (χ0n) is 22.2. The van der Waals surface area contributed by atoms with Gasteiger partial charge in [0, 0.05) is 13.0 Å². The molecule has 0 unspecified atom stereocenters. The number of likely N-dealkylation sites (tertiary alicyclic amines) is 1. The molecule has 10 nitrogen and oxygen atoms in total. The minimum atomic E-state index is -2.69. The van der Waals surface area contributed by atoms with E-state index in [-0.39, 0.29) is 52.8 Å². The lowest BCUT2D eigenvalue weighted by molar-refractivity contribution is 0.0122. The number of hydrogen-bond donors (Lipinski definition) is 3. The minimum absolute atomic E-state index is 0.0373. The quantitative estimate of drug-likeness (QED) is 0.291. The fraction of sp³-hybridized carbons (Fsp3) is 0.321. The van der Waals surface area contributed by atoms with Gasteiger partial charge >= 0.3 is 0 Å². The van der Waals surface area contributed by atoms with E-state index in [1.54, 1.807) is 48.2 Å². The summed E-state index contributed by atoms with van der Waals surface area (Å²) in [5, 5.41) is 12.7. The molecule has 2 aromatic carbocycles. The third kappa shape index (κ3) is 5.64. The smallest absolute Gasteiger partial charge is 0.266 e. The van der Waals surface area contributed by atoms with Gasteiger partial charge in [-0.15, -0.1) is 0 Å². The van der Waals surface area contributed by atoms with Crippen LogP contribution >= 0.6 is 0 Å². The Morgan fingerprint density at radius 2 is 1.90 bits per heavy atom. The van der Waals surface area contributed by atoms with Crippen LogP contribution in [0.4, 0.5) is 30.8 Å². The third-order valence-corrected chi connectivity index (χ3v) is 7.08. The molecule has 41 heavy (non-hydrogen) atoms. The summed E-state index contributed by atoms with van der Waals surface area (Å²) in [6, 6.07) is 12.7. The van der Waals surface area contributed by atoms with Crippen molar-refractivity contribution in [2.45, 2.75) is 38.2 Å². The molecule has 0 radical (unpaired) electrons. The molecule has 1 saturated heterocycles. The molecule has 0 bridgehead atoms. The molecular formula is C28H28F3N9O. The highest BCUT2D eigenvalue weighted by atomic mass is 19.3. The topological polar surface area (TPSA) is 152 Å². The minimum Gasteiger partial charge on any atom is -0.382 e. The Bertz CT molecular complexity index is 1700. The Labute approximate surface area is 233 Å². The predicted octanol–water partition coefficient (Wildman–Crippen LogP) is 3.80. The van der Waals surface area contributed by atoms with Crippen molar-refractivity contribution in [3.63, 3.8) is 0 Å². The van der Waals surface area contributed by atoms with Crippen molar-refractivity contribution in [3.05, 3.63) is 75.6 Å². The van der Waals surface area contributed by atoms with E-state index in [1.807, 2.05) is 6.07 Å². The van der Waals surface area contributed by atoms with Gasteiger partial charge in [-0.25, -0.2) is 18.2 Å². The third-order valence-electron chi connectivity index (χ3n) is 7.08. The van der Waals surface area contributed by atoms with Crippen LogP contribution in [-0.2, 0) is 6.42 Å². The van der Waals surface area contributed by atoms with Crippen molar-refractivity contribution < 1.29 is 13.2 Å². The van der Waals surface area contributed by atoms with Crippen molar-refractivity contribution in [2.75, 3.05) is 36.4 Å². The summed E-state index contributed by atoms with van der Waals surface area (Å²) in [5.41, 5.74) is 12.0. The van der Waals surface area contributed by atoms with Gasteiger partial charge in [-0.3, -0.25) is 14.3 Å². The van der Waals surface area contributed by atoms with Crippen LogP contribution < -0.4 is 22.3 Å². The molecule has 0 amide bonds. The number of aromatic nitrogens is 4. The first-order valence-electron chi connectivity index (χ1n) is 13.1. The highest BCUT2D eigenvalue weighted by Gasteiger charge is 2.37. The van der Waals surface area contributed by atoms with Crippen LogP contribution in [-0.4, -0.2) is 50.0 Å². The molecule has 13 heteroatoms. The number of hydrogen-bond acceptors (Lipinski definition) is 9. The Hall–Kier alpha value is -4.70. The van der Waals surface area contributed by atoms with Crippen LogP contribution in [0.1, 0.15) is 42.8 Å². The number of alkyl halides is 2. The number of nitrogen functional groups attached to an aromatic ring is 2. The number of nitrogens with one attached hydrogen (secondary N) is 1. The normalized spacial score (nSPS) is 15.6. The summed E-state index contributed by atoms with van der Waals surface area (Å²) in [4.78, 5) is 28.3. The molecule has 3 heterocycles. The molecule has 1 fully saturated rings. The van der Waals surface area contributed by atoms with Crippen molar-refractivity contribution >= 4 is 28.5 Å². The average Bonchev–Trinajstić information content (AvgIpc) is 3.28. The predicted molar refractivity (Wildman–Crippen MR) is 149 cm³/mol. The fourth-order valence-electron chi connectivity index (χ4n) is 5.13. The first-order valence-corrected chi connectivity index (χ1v) is 13.1. The maximum Gasteiger partial charge on any atom is 0.266 e. The molecule has 0 aliphatic carbocycles. The number of rotatable bonds is 8. The summed E-state index contributed by atoms with van der Waals surface area (Å²) in [6.45, 7) is 2.13. The lowest BCUT2D eigenvalue weighted by Crippen LogP contribution is -2.29. The van der Waals surface area contributed by atoms with E-state index in [4.69, 9.17) is 11.5 Å². The van der Waals surface area contributed by atoms with Gasteiger partial charge in [0.2, 0.25) is 5.95 Å². The van der Waals surface area contributed by atoms with Gasteiger partial charge in [-0.05, 0) is 50.1 Å². The summed E-state index contributed by atoms with van der Waals surface area (Å²) in [7, 11) is 0. The largest absolute Gasteiger partial charge is 0.382 e. The highest BCUT2D eigenvalue weighted by molar-refractivity contribution is 5.82. The van der Waals surface area contributed by atoms with Crippen LogP contribution in [0.2, 0.25) is 0 Å². The summed E-state index contributed by atoms with van der Waals surface area (Å²) >= 11 is 0. The van der Waals surface area contributed by atoms with Gasteiger partial charge in [0.05, 0.1) is 23.7 Å². The number of nitrogens with two attached hydrogens (primary N) is 2. The zero-order valence-corrected chi connectivity index (χ0v) is 22.2. The molecule has 0 spiro atoms. The second-order valence-corrected chi connectivity index (χ2v) is 10.0. The first-order chi connectivity index (χ1) is 19.6. The molecule has 1 aliphatic rings. The number of para-hydroxylation sites is 1. The zero-order chi connectivity index (χ0) is 29.3. The van der Waals surface area contributed by atoms with Crippen molar-refractivity contribution in [2.24, 2.45) is 0 Å². The maximum absolute atomic E-state index is 15.2. The molecule has 212 valence electrons. The lowest BCUT2D eigenvalue weighted by Gasteiger charge is -2.21. The molecule has 4 aromatic rings. The number of nitriles is 1. The van der Waals surface area contributed by atoms with E-state index in [1.165, 1.54) is 10.6 Å². The maximum atomic E-state index is 15.2. The molecule has 5 rings (SSSR count). The fourth-order valence-corrected chi connectivity index (χ4v) is 5.13. The average molecular weight is 564 g/mol. The number of anilines is 3. The van der Waals surface area contributed by atoms with Crippen LogP contribution in [0.5, 0.6) is 0 Å². The molecule has 2 aromatic heterocycles. The second kappa shape index (κ2) is 11.1. The van der Waals surface area contributed by atoms with Gasteiger partial charge < -0.3 is 16.8 Å².